The van der Waals surface area contributed by atoms with Crippen LogP contribution >= 0.6 is 11.8 Å². The molecule has 2 aromatic rings. The van der Waals surface area contributed by atoms with E-state index in [0.717, 1.165) is 0 Å². The zero-order valence-corrected chi connectivity index (χ0v) is 10.7. The van der Waals surface area contributed by atoms with Crippen LogP contribution in [0.5, 0.6) is 0 Å². The van der Waals surface area contributed by atoms with Crippen molar-refractivity contribution in [2.24, 2.45) is 0 Å². The Bertz CT molecular complexity index is 597. The third-order valence-corrected chi connectivity index (χ3v) is 3.01. The van der Waals surface area contributed by atoms with Gasteiger partial charge in [0.2, 0.25) is 5.95 Å². The lowest BCUT2D eigenvalue weighted by atomic mass is 10.4. The standard InChI is InChI=1S/C9H13N7OS/c1-4(2)16-8(17)14-15-9(16)18-6-3-5(10)12-7(11)13-6/h3-4H,1-2H3,(H,14,17)(H4,10,11,12,13). The molecular formula is C9H13N7OS. The number of hydrogen-bond donors (Lipinski definition) is 3. The molecule has 0 aliphatic rings. The van der Waals surface area contributed by atoms with E-state index in [-0.39, 0.29) is 23.5 Å². The summed E-state index contributed by atoms with van der Waals surface area (Å²) in [5.41, 5.74) is 10.8. The third-order valence-electron chi connectivity index (χ3n) is 2.12. The van der Waals surface area contributed by atoms with Crippen molar-refractivity contribution < 1.29 is 0 Å². The number of rotatable bonds is 3. The van der Waals surface area contributed by atoms with Crippen LogP contribution in [0.3, 0.4) is 0 Å². The third kappa shape index (κ3) is 2.45. The first kappa shape index (κ1) is 12.4. The van der Waals surface area contributed by atoms with Gasteiger partial charge in [0.25, 0.3) is 0 Å². The molecular weight excluding hydrogens is 254 g/mol. The van der Waals surface area contributed by atoms with Crippen molar-refractivity contribution in [1.82, 2.24) is 24.7 Å². The van der Waals surface area contributed by atoms with Gasteiger partial charge in [0.05, 0.1) is 0 Å². The number of nitrogen functional groups attached to an aromatic ring is 2. The summed E-state index contributed by atoms with van der Waals surface area (Å²) in [4.78, 5) is 19.3. The molecule has 0 saturated carbocycles. The number of aromatic amines is 1. The molecule has 0 spiro atoms. The highest BCUT2D eigenvalue weighted by Crippen LogP contribution is 2.26. The lowest BCUT2D eigenvalue weighted by molar-refractivity contribution is 0.534. The van der Waals surface area contributed by atoms with Crippen LogP contribution in [-0.2, 0) is 0 Å². The van der Waals surface area contributed by atoms with Crippen molar-refractivity contribution in [2.45, 2.75) is 30.1 Å². The zero-order chi connectivity index (χ0) is 13.3. The Kier molecular flexibility index (Phi) is 3.24. The van der Waals surface area contributed by atoms with Gasteiger partial charge in [-0.15, -0.1) is 5.10 Å². The highest BCUT2D eigenvalue weighted by atomic mass is 32.2. The molecule has 8 nitrogen and oxygen atoms in total. The normalized spacial score (nSPS) is 11.1. The highest BCUT2D eigenvalue weighted by Gasteiger charge is 2.13. The maximum absolute atomic E-state index is 11.6. The number of hydrogen-bond acceptors (Lipinski definition) is 7. The van der Waals surface area contributed by atoms with Gasteiger partial charge in [0, 0.05) is 12.1 Å². The molecule has 0 aliphatic heterocycles. The predicted octanol–water partition coefficient (Wildman–Crippen LogP) is 0.258. The molecule has 18 heavy (non-hydrogen) atoms. The van der Waals surface area contributed by atoms with Gasteiger partial charge in [-0.2, -0.15) is 4.98 Å². The molecule has 0 saturated heterocycles. The fourth-order valence-electron chi connectivity index (χ4n) is 1.42. The first-order valence-corrected chi connectivity index (χ1v) is 6.04. The average molecular weight is 267 g/mol. The first-order valence-electron chi connectivity index (χ1n) is 5.22. The molecule has 96 valence electrons. The van der Waals surface area contributed by atoms with Gasteiger partial charge < -0.3 is 11.5 Å². The smallest absolute Gasteiger partial charge is 0.344 e. The maximum Gasteiger partial charge on any atom is 0.344 e. The molecule has 0 amide bonds. The van der Waals surface area contributed by atoms with Crippen molar-refractivity contribution in [3.05, 3.63) is 16.6 Å². The van der Waals surface area contributed by atoms with Crippen molar-refractivity contribution in [1.29, 1.82) is 0 Å². The lowest BCUT2D eigenvalue weighted by Crippen LogP contribution is -2.19. The Balaban J connectivity index is 2.37. The lowest BCUT2D eigenvalue weighted by Gasteiger charge is -2.08. The Morgan fingerprint density at radius 2 is 2.11 bits per heavy atom. The summed E-state index contributed by atoms with van der Waals surface area (Å²) >= 11 is 1.20. The van der Waals surface area contributed by atoms with Crippen molar-refractivity contribution in [2.75, 3.05) is 11.5 Å². The number of anilines is 2. The quantitative estimate of drug-likeness (QED) is 0.680. The monoisotopic (exact) mass is 267 g/mol. The van der Waals surface area contributed by atoms with Gasteiger partial charge in [-0.25, -0.2) is 14.9 Å². The predicted molar refractivity (Wildman–Crippen MR) is 68.2 cm³/mol. The van der Waals surface area contributed by atoms with E-state index in [4.69, 9.17) is 11.5 Å². The van der Waals surface area contributed by atoms with E-state index in [0.29, 0.717) is 10.2 Å². The summed E-state index contributed by atoms with van der Waals surface area (Å²) in [6.45, 7) is 3.79. The van der Waals surface area contributed by atoms with Crippen LogP contribution in [-0.4, -0.2) is 24.7 Å². The van der Waals surface area contributed by atoms with Crippen molar-refractivity contribution in [3.63, 3.8) is 0 Å². The van der Waals surface area contributed by atoms with Crippen molar-refractivity contribution >= 4 is 23.5 Å². The van der Waals surface area contributed by atoms with Crippen LogP contribution in [0.25, 0.3) is 0 Å². The molecule has 0 atom stereocenters. The Hall–Kier alpha value is -2.03. The van der Waals surface area contributed by atoms with Crippen molar-refractivity contribution in [3.8, 4) is 0 Å². The van der Waals surface area contributed by atoms with E-state index in [1.54, 1.807) is 6.07 Å². The molecule has 0 aliphatic carbocycles. The summed E-state index contributed by atoms with van der Waals surface area (Å²) < 4.78 is 1.53. The van der Waals surface area contributed by atoms with Gasteiger partial charge in [-0.3, -0.25) is 4.57 Å². The Morgan fingerprint density at radius 1 is 1.39 bits per heavy atom. The van der Waals surface area contributed by atoms with E-state index in [2.05, 4.69) is 20.2 Å². The van der Waals surface area contributed by atoms with E-state index < -0.39 is 0 Å². The van der Waals surface area contributed by atoms with E-state index in [1.165, 1.54) is 16.3 Å². The fraction of sp³-hybridized carbons (Fsp3) is 0.333. The summed E-state index contributed by atoms with van der Waals surface area (Å²) in [6, 6.07) is 1.57. The summed E-state index contributed by atoms with van der Waals surface area (Å²) in [6.07, 6.45) is 0. The van der Waals surface area contributed by atoms with Crippen LogP contribution in [0.4, 0.5) is 11.8 Å². The summed E-state index contributed by atoms with van der Waals surface area (Å²) in [7, 11) is 0. The van der Waals surface area contributed by atoms with Crippen LogP contribution in [0.1, 0.15) is 19.9 Å². The molecule has 5 N–H and O–H groups in total. The number of H-pyrrole nitrogens is 1. The number of nitrogens with two attached hydrogens (primary N) is 2. The molecule has 2 rings (SSSR count). The largest absolute Gasteiger partial charge is 0.383 e. The second kappa shape index (κ2) is 4.69. The summed E-state index contributed by atoms with van der Waals surface area (Å²) in [5, 5.41) is 7.39. The minimum Gasteiger partial charge on any atom is -0.383 e. The van der Waals surface area contributed by atoms with Crippen LogP contribution in [0.2, 0.25) is 0 Å². The second-order valence-electron chi connectivity index (χ2n) is 3.87. The van der Waals surface area contributed by atoms with Gasteiger partial charge in [-0.1, -0.05) is 0 Å². The van der Waals surface area contributed by atoms with E-state index in [9.17, 15) is 4.79 Å². The second-order valence-corrected chi connectivity index (χ2v) is 4.85. The molecule has 0 bridgehead atoms. The van der Waals surface area contributed by atoms with Gasteiger partial charge in [0.15, 0.2) is 5.16 Å². The number of nitrogens with zero attached hydrogens (tertiary/aromatic N) is 4. The molecule has 9 heteroatoms. The number of nitrogens with one attached hydrogen (secondary N) is 1. The minimum atomic E-state index is -0.262. The molecule has 0 radical (unpaired) electrons. The topological polar surface area (TPSA) is 128 Å². The molecule has 0 unspecified atom stereocenters. The molecule has 0 aromatic carbocycles. The van der Waals surface area contributed by atoms with Crippen LogP contribution in [0.15, 0.2) is 21.0 Å². The van der Waals surface area contributed by atoms with E-state index in [1.807, 2.05) is 13.8 Å². The minimum absolute atomic E-state index is 0.00437. The Labute approximate surface area is 107 Å². The average Bonchev–Trinajstić information content (AvgIpc) is 2.57. The van der Waals surface area contributed by atoms with E-state index >= 15 is 0 Å². The Morgan fingerprint density at radius 3 is 2.72 bits per heavy atom. The zero-order valence-electron chi connectivity index (χ0n) is 9.91. The first-order chi connectivity index (χ1) is 8.47. The van der Waals surface area contributed by atoms with Gasteiger partial charge >= 0.3 is 5.69 Å². The van der Waals surface area contributed by atoms with Gasteiger partial charge in [-0.05, 0) is 25.6 Å². The van der Waals surface area contributed by atoms with Crippen LogP contribution < -0.4 is 17.2 Å². The maximum atomic E-state index is 11.6. The number of aromatic nitrogens is 5. The molecule has 2 heterocycles. The molecule has 0 fully saturated rings. The SMILES string of the molecule is CC(C)n1c(Sc2cc(N)nc(N)n2)n[nH]c1=O. The molecule has 2 aromatic heterocycles. The fourth-order valence-corrected chi connectivity index (χ4v) is 2.41. The van der Waals surface area contributed by atoms with Gasteiger partial charge in [0.1, 0.15) is 10.8 Å². The van der Waals surface area contributed by atoms with Crippen LogP contribution in [0, 0.1) is 0 Å². The highest BCUT2D eigenvalue weighted by molar-refractivity contribution is 7.99. The summed E-state index contributed by atoms with van der Waals surface area (Å²) in [5.74, 6) is 0.366.